The Hall–Kier alpha value is -0.620. The summed E-state index contributed by atoms with van der Waals surface area (Å²) in [4.78, 5) is 0. The van der Waals surface area contributed by atoms with Crippen molar-refractivity contribution in [3.05, 3.63) is 11.6 Å². The molecule has 0 amide bonds. The lowest BCUT2D eigenvalue weighted by atomic mass is 9.47. The fourth-order valence-corrected chi connectivity index (χ4v) is 11.3. The molecular formula is C33H52O9. The van der Waals surface area contributed by atoms with Crippen molar-refractivity contribution in [3.63, 3.8) is 0 Å². The third-order valence-corrected chi connectivity index (χ3v) is 13.7. The predicted molar refractivity (Wildman–Crippen MR) is 152 cm³/mol. The summed E-state index contributed by atoms with van der Waals surface area (Å²) in [6, 6.07) is 0. The van der Waals surface area contributed by atoms with E-state index in [9.17, 15) is 25.5 Å². The van der Waals surface area contributed by atoms with Crippen molar-refractivity contribution in [1.82, 2.24) is 0 Å². The van der Waals surface area contributed by atoms with Crippen molar-refractivity contribution in [3.8, 4) is 0 Å². The van der Waals surface area contributed by atoms with Crippen LogP contribution in [0.3, 0.4) is 0 Å². The van der Waals surface area contributed by atoms with Crippen molar-refractivity contribution >= 4 is 0 Å². The maximum Gasteiger partial charge on any atom is 0.186 e. The average molecular weight is 593 g/mol. The van der Waals surface area contributed by atoms with E-state index in [0.29, 0.717) is 29.6 Å². The zero-order valence-electron chi connectivity index (χ0n) is 25.7. The summed E-state index contributed by atoms with van der Waals surface area (Å²) in [5, 5.41) is 50.4. The van der Waals surface area contributed by atoms with Crippen LogP contribution in [0.4, 0.5) is 0 Å². The summed E-state index contributed by atoms with van der Waals surface area (Å²) in [5.74, 6) is 2.10. The van der Waals surface area contributed by atoms with Crippen molar-refractivity contribution in [2.24, 2.45) is 40.4 Å². The molecule has 5 N–H and O–H groups in total. The Morgan fingerprint density at radius 3 is 2.45 bits per heavy atom. The number of rotatable bonds is 4. The molecule has 0 unspecified atom stereocenters. The van der Waals surface area contributed by atoms with Gasteiger partial charge < -0.3 is 44.5 Å². The molecular weight excluding hydrogens is 540 g/mol. The monoisotopic (exact) mass is 592 g/mol. The highest BCUT2D eigenvalue weighted by molar-refractivity contribution is 5.26. The lowest BCUT2D eigenvalue weighted by molar-refractivity contribution is -0.313. The van der Waals surface area contributed by atoms with Crippen LogP contribution in [0.2, 0.25) is 0 Å². The summed E-state index contributed by atoms with van der Waals surface area (Å²) in [7, 11) is 0. The highest BCUT2D eigenvalue weighted by atomic mass is 16.7. The van der Waals surface area contributed by atoms with Crippen LogP contribution < -0.4 is 0 Å². The Kier molecular flexibility index (Phi) is 7.29. The number of allylic oxidation sites excluding steroid dienone is 1. The average Bonchev–Trinajstić information content (AvgIpc) is 3.57. The van der Waals surface area contributed by atoms with E-state index in [2.05, 4.69) is 26.8 Å². The van der Waals surface area contributed by atoms with Crippen LogP contribution in [0.25, 0.3) is 0 Å². The maximum atomic E-state index is 10.5. The van der Waals surface area contributed by atoms with Gasteiger partial charge in [-0.25, -0.2) is 0 Å². The molecule has 4 aliphatic carbocycles. The summed E-state index contributed by atoms with van der Waals surface area (Å²) in [6.45, 7) is 8.91. The lowest BCUT2D eigenvalue weighted by Gasteiger charge is -2.58. The van der Waals surface area contributed by atoms with Gasteiger partial charge in [0.15, 0.2) is 12.1 Å². The van der Waals surface area contributed by atoms with Crippen LogP contribution in [-0.4, -0.2) is 93.0 Å². The fraction of sp³-hybridized carbons (Fsp3) is 0.939. The molecule has 0 aromatic rings. The summed E-state index contributed by atoms with van der Waals surface area (Å²) in [5.41, 5.74) is 1.27. The predicted octanol–water partition coefficient (Wildman–Crippen LogP) is 2.65. The molecule has 7 rings (SSSR count). The van der Waals surface area contributed by atoms with Gasteiger partial charge in [-0.15, -0.1) is 0 Å². The SMILES string of the molecule is C[C@H]1[C@H]2[C@H](C[C@H]3[C@@H]4CC=C5C[C@@H](O[C@@H]6O[C@H](CO)[C@@H](O)[C@H](O)[C@H]6O)CC[C@]5(C)[C@H]4CC[C@]23C)O[C@]12CC[C@@](C)(CO)O2. The molecule has 3 aliphatic heterocycles. The van der Waals surface area contributed by atoms with Gasteiger partial charge >= 0.3 is 0 Å². The minimum atomic E-state index is -1.42. The molecule has 0 radical (unpaired) electrons. The molecule has 6 fully saturated rings. The van der Waals surface area contributed by atoms with Crippen molar-refractivity contribution < 1.29 is 44.5 Å². The van der Waals surface area contributed by atoms with Gasteiger partial charge in [0, 0.05) is 12.3 Å². The molecule has 9 nitrogen and oxygen atoms in total. The first-order valence-corrected chi connectivity index (χ1v) is 16.5. The third-order valence-electron chi connectivity index (χ3n) is 13.7. The van der Waals surface area contributed by atoms with Gasteiger partial charge in [0.2, 0.25) is 0 Å². The molecule has 3 saturated heterocycles. The van der Waals surface area contributed by atoms with Crippen LogP contribution in [0, 0.1) is 40.4 Å². The molecule has 9 heteroatoms. The molecule has 3 saturated carbocycles. The first-order valence-electron chi connectivity index (χ1n) is 16.5. The van der Waals surface area contributed by atoms with Crippen molar-refractivity contribution in [1.29, 1.82) is 0 Å². The fourth-order valence-electron chi connectivity index (χ4n) is 11.3. The van der Waals surface area contributed by atoms with Crippen molar-refractivity contribution in [2.75, 3.05) is 13.2 Å². The van der Waals surface area contributed by atoms with E-state index in [1.165, 1.54) is 18.4 Å². The van der Waals surface area contributed by atoms with Crippen LogP contribution in [-0.2, 0) is 18.9 Å². The number of ether oxygens (including phenoxy) is 4. The normalized spacial score (nSPS) is 58.7. The summed E-state index contributed by atoms with van der Waals surface area (Å²) in [6.07, 6.45) is 5.22. The van der Waals surface area contributed by atoms with E-state index < -0.39 is 48.7 Å². The third kappa shape index (κ3) is 4.21. The largest absolute Gasteiger partial charge is 0.394 e. The summed E-state index contributed by atoms with van der Waals surface area (Å²) < 4.78 is 25.3. The minimum Gasteiger partial charge on any atom is -0.394 e. The topological polar surface area (TPSA) is 138 Å². The lowest BCUT2D eigenvalue weighted by Crippen LogP contribution is -2.60. The highest BCUT2D eigenvalue weighted by Crippen LogP contribution is 2.71. The van der Waals surface area contributed by atoms with E-state index >= 15 is 0 Å². The second-order valence-corrected chi connectivity index (χ2v) is 15.7. The van der Waals surface area contributed by atoms with Gasteiger partial charge in [-0.3, -0.25) is 0 Å². The first-order chi connectivity index (χ1) is 19.9. The highest BCUT2D eigenvalue weighted by Gasteiger charge is 2.70. The molecule has 42 heavy (non-hydrogen) atoms. The number of aliphatic hydroxyl groups is 5. The number of hydrogen-bond donors (Lipinski definition) is 5. The Bertz CT molecular complexity index is 1080. The second kappa shape index (κ2) is 10.2. The Labute approximate surface area is 249 Å². The van der Waals surface area contributed by atoms with Gasteiger partial charge in [-0.2, -0.15) is 0 Å². The Morgan fingerprint density at radius 1 is 0.952 bits per heavy atom. The molecule has 238 valence electrons. The standard InChI is InChI=1S/C33H52O9/c1-17-25-23(41-33(17)12-11-30(2,16-35)42-33)14-22-20-6-5-18-13-19(7-9-31(18,3)21(20)8-10-32(22,25)4)39-29-28(38)27(37)26(36)24(15-34)40-29/h5,17,19-29,34-38H,6-16H2,1-4H3/t17-,19-,20+,21-,22-,23-,24+,25-,26+,27-,28+,29+,30-,31-,32-,33-/m0/s1. The molecule has 0 aromatic carbocycles. The van der Waals surface area contributed by atoms with Gasteiger partial charge in [0.05, 0.1) is 31.0 Å². The zero-order valence-corrected chi connectivity index (χ0v) is 25.7. The minimum absolute atomic E-state index is 0.0332. The van der Waals surface area contributed by atoms with E-state index in [-0.39, 0.29) is 29.6 Å². The van der Waals surface area contributed by atoms with Gasteiger partial charge in [0.1, 0.15) is 24.4 Å². The van der Waals surface area contributed by atoms with Gasteiger partial charge in [-0.05, 0) is 92.8 Å². The van der Waals surface area contributed by atoms with Crippen LogP contribution >= 0.6 is 0 Å². The molecule has 0 bridgehead atoms. The van der Waals surface area contributed by atoms with Crippen LogP contribution in [0.5, 0.6) is 0 Å². The van der Waals surface area contributed by atoms with Crippen LogP contribution in [0.15, 0.2) is 11.6 Å². The molecule has 0 aromatic heterocycles. The number of aliphatic hydroxyl groups excluding tert-OH is 5. The van der Waals surface area contributed by atoms with E-state index in [0.717, 1.165) is 44.9 Å². The van der Waals surface area contributed by atoms with E-state index in [4.69, 9.17) is 18.9 Å². The van der Waals surface area contributed by atoms with Crippen molar-refractivity contribution in [2.45, 2.75) is 140 Å². The molecule has 16 atom stereocenters. The van der Waals surface area contributed by atoms with Gasteiger partial charge in [0.25, 0.3) is 0 Å². The number of fused-ring (bicyclic) bond motifs is 7. The quantitative estimate of drug-likeness (QED) is 0.312. The number of hydrogen-bond acceptors (Lipinski definition) is 9. The van der Waals surface area contributed by atoms with E-state index in [1.807, 2.05) is 6.92 Å². The van der Waals surface area contributed by atoms with Gasteiger partial charge in [-0.1, -0.05) is 32.4 Å². The molecule has 1 spiro atoms. The zero-order chi connectivity index (χ0) is 29.8. The first kappa shape index (κ1) is 30.1. The Balaban J connectivity index is 1.05. The maximum absolute atomic E-state index is 10.5. The molecule has 3 heterocycles. The van der Waals surface area contributed by atoms with E-state index in [1.54, 1.807) is 0 Å². The second-order valence-electron chi connectivity index (χ2n) is 15.7. The smallest absolute Gasteiger partial charge is 0.186 e. The molecule has 7 aliphatic rings. The summed E-state index contributed by atoms with van der Waals surface area (Å²) >= 11 is 0. The Morgan fingerprint density at radius 2 is 1.74 bits per heavy atom. The van der Waals surface area contributed by atoms with Crippen LogP contribution in [0.1, 0.15) is 85.5 Å².